The van der Waals surface area contributed by atoms with Crippen molar-refractivity contribution in [2.24, 2.45) is 0 Å². The van der Waals surface area contributed by atoms with Crippen LogP contribution in [-0.2, 0) is 6.61 Å². The third kappa shape index (κ3) is 3.70. The summed E-state index contributed by atoms with van der Waals surface area (Å²) in [5.41, 5.74) is 2.04. The Labute approximate surface area is 120 Å². The molecular weight excluding hydrogens is 250 g/mol. The van der Waals surface area contributed by atoms with Gasteiger partial charge in [0.2, 0.25) is 0 Å². The van der Waals surface area contributed by atoms with E-state index in [4.69, 9.17) is 4.74 Å². The molecule has 106 valence electrons. The molecule has 1 aromatic carbocycles. The molecule has 2 aromatic rings. The molecule has 0 fully saturated rings. The zero-order valence-corrected chi connectivity index (χ0v) is 12.3. The summed E-state index contributed by atoms with van der Waals surface area (Å²) in [6.45, 7) is 7.62. The summed E-state index contributed by atoms with van der Waals surface area (Å²) in [7, 11) is 0. The number of rotatable bonds is 6. The summed E-state index contributed by atoms with van der Waals surface area (Å²) in [4.78, 5) is 8.62. The fourth-order valence-corrected chi connectivity index (χ4v) is 1.94. The number of ether oxygens (including phenoxy) is 1. The molecule has 4 heteroatoms. The highest BCUT2D eigenvalue weighted by molar-refractivity contribution is 5.35. The first kappa shape index (κ1) is 14.3. The van der Waals surface area contributed by atoms with Crippen molar-refractivity contribution >= 4 is 5.82 Å². The number of hydrogen-bond acceptors (Lipinski definition) is 4. The lowest BCUT2D eigenvalue weighted by Crippen LogP contribution is -2.04. The van der Waals surface area contributed by atoms with Gasteiger partial charge in [-0.15, -0.1) is 0 Å². The number of hydrogen-bond donors (Lipinski definition) is 1. The Morgan fingerprint density at radius 1 is 1.15 bits per heavy atom. The van der Waals surface area contributed by atoms with Gasteiger partial charge in [0.15, 0.2) is 0 Å². The second kappa shape index (κ2) is 6.89. The molecule has 0 saturated carbocycles. The van der Waals surface area contributed by atoms with Crippen molar-refractivity contribution < 1.29 is 4.74 Å². The normalized spacial score (nSPS) is 10.6. The lowest BCUT2D eigenvalue weighted by atomic mass is 10.0. The van der Waals surface area contributed by atoms with E-state index in [1.165, 1.54) is 5.56 Å². The van der Waals surface area contributed by atoms with Gasteiger partial charge in [-0.25, -0.2) is 4.98 Å². The maximum atomic E-state index is 5.86. The third-order valence-corrected chi connectivity index (χ3v) is 2.98. The van der Waals surface area contributed by atoms with Crippen molar-refractivity contribution in [3.63, 3.8) is 0 Å². The van der Waals surface area contributed by atoms with Crippen molar-refractivity contribution in [3.05, 3.63) is 47.9 Å². The van der Waals surface area contributed by atoms with Crippen molar-refractivity contribution in [1.29, 1.82) is 0 Å². The van der Waals surface area contributed by atoms with Gasteiger partial charge < -0.3 is 10.1 Å². The van der Waals surface area contributed by atoms with Crippen molar-refractivity contribution in [3.8, 4) is 5.75 Å². The largest absolute Gasteiger partial charge is 0.487 e. The summed E-state index contributed by atoms with van der Waals surface area (Å²) in [6, 6.07) is 8.12. The molecule has 1 N–H and O–H groups in total. The first-order valence-corrected chi connectivity index (χ1v) is 6.97. The fraction of sp³-hybridized carbons (Fsp3) is 0.375. The number of nitrogens with zero attached hydrogens (tertiary/aromatic N) is 2. The molecule has 0 atom stereocenters. The number of aromatic nitrogens is 2. The van der Waals surface area contributed by atoms with E-state index in [9.17, 15) is 0 Å². The van der Waals surface area contributed by atoms with Crippen LogP contribution in [0.3, 0.4) is 0 Å². The smallest absolute Gasteiger partial charge is 0.144 e. The highest BCUT2D eigenvalue weighted by Gasteiger charge is 2.07. The second-order valence-electron chi connectivity index (χ2n) is 4.90. The standard InChI is InChI=1S/C16H21N3O/c1-4-17-16-10-18-13(9-19-16)11-20-15-8-6-5-7-14(15)12(2)3/h5-10,12H,4,11H2,1-3H3,(H,17,19). The SMILES string of the molecule is CCNc1cnc(COc2ccccc2C(C)C)cn1. The molecule has 0 aliphatic heterocycles. The lowest BCUT2D eigenvalue weighted by molar-refractivity contribution is 0.296. The number of para-hydroxylation sites is 1. The van der Waals surface area contributed by atoms with E-state index in [0.29, 0.717) is 12.5 Å². The Morgan fingerprint density at radius 2 is 1.95 bits per heavy atom. The molecule has 0 amide bonds. The maximum Gasteiger partial charge on any atom is 0.144 e. The molecule has 0 bridgehead atoms. The summed E-state index contributed by atoms with van der Waals surface area (Å²) in [5.74, 6) is 2.15. The van der Waals surface area contributed by atoms with Crippen LogP contribution in [0.5, 0.6) is 5.75 Å². The van der Waals surface area contributed by atoms with Gasteiger partial charge in [-0.3, -0.25) is 4.98 Å². The van der Waals surface area contributed by atoms with Gasteiger partial charge in [0.25, 0.3) is 0 Å². The minimum atomic E-state index is 0.434. The molecule has 0 spiro atoms. The van der Waals surface area contributed by atoms with E-state index < -0.39 is 0 Å². The van der Waals surface area contributed by atoms with Gasteiger partial charge in [0.1, 0.15) is 18.2 Å². The van der Waals surface area contributed by atoms with Gasteiger partial charge >= 0.3 is 0 Å². The third-order valence-electron chi connectivity index (χ3n) is 2.98. The van der Waals surface area contributed by atoms with Crippen molar-refractivity contribution in [2.45, 2.75) is 33.3 Å². The Hall–Kier alpha value is -2.10. The van der Waals surface area contributed by atoms with Gasteiger partial charge in [0.05, 0.1) is 18.1 Å². The topological polar surface area (TPSA) is 47.0 Å². The fourth-order valence-electron chi connectivity index (χ4n) is 1.94. The molecular formula is C16H21N3O. The molecule has 1 heterocycles. The van der Waals surface area contributed by atoms with E-state index in [1.807, 2.05) is 25.1 Å². The predicted molar refractivity (Wildman–Crippen MR) is 81.1 cm³/mol. The lowest BCUT2D eigenvalue weighted by Gasteiger charge is -2.13. The Balaban J connectivity index is 2.01. The first-order chi connectivity index (χ1) is 9.70. The predicted octanol–water partition coefficient (Wildman–Crippen LogP) is 3.61. The van der Waals surface area contributed by atoms with Crippen LogP contribution in [0.1, 0.15) is 37.9 Å². The monoisotopic (exact) mass is 271 g/mol. The first-order valence-electron chi connectivity index (χ1n) is 6.97. The summed E-state index contributed by atoms with van der Waals surface area (Å²) in [5, 5.41) is 3.12. The molecule has 0 saturated heterocycles. The Morgan fingerprint density at radius 3 is 2.60 bits per heavy atom. The maximum absolute atomic E-state index is 5.86. The van der Waals surface area contributed by atoms with Crippen molar-refractivity contribution in [2.75, 3.05) is 11.9 Å². The number of nitrogens with one attached hydrogen (secondary N) is 1. The van der Waals surface area contributed by atoms with E-state index >= 15 is 0 Å². The van der Waals surface area contributed by atoms with Crippen LogP contribution < -0.4 is 10.1 Å². The Kier molecular flexibility index (Phi) is 4.93. The highest BCUT2D eigenvalue weighted by Crippen LogP contribution is 2.26. The molecule has 0 aliphatic rings. The van der Waals surface area contributed by atoms with Gasteiger partial charge in [-0.05, 0) is 24.5 Å². The molecule has 0 aliphatic carbocycles. The molecule has 4 nitrogen and oxygen atoms in total. The van der Waals surface area contributed by atoms with E-state index in [2.05, 4.69) is 35.2 Å². The van der Waals surface area contributed by atoms with Crippen LogP contribution in [-0.4, -0.2) is 16.5 Å². The Bertz CT molecular complexity index is 538. The second-order valence-corrected chi connectivity index (χ2v) is 4.90. The highest BCUT2D eigenvalue weighted by atomic mass is 16.5. The zero-order valence-electron chi connectivity index (χ0n) is 12.3. The molecule has 2 rings (SSSR count). The average Bonchev–Trinajstić information content (AvgIpc) is 2.47. The van der Waals surface area contributed by atoms with Gasteiger partial charge in [0, 0.05) is 6.54 Å². The van der Waals surface area contributed by atoms with Crippen LogP contribution in [0.25, 0.3) is 0 Å². The van der Waals surface area contributed by atoms with Crippen LogP contribution in [0.15, 0.2) is 36.7 Å². The minimum absolute atomic E-state index is 0.434. The van der Waals surface area contributed by atoms with E-state index in [1.54, 1.807) is 12.4 Å². The van der Waals surface area contributed by atoms with Crippen LogP contribution in [0, 0.1) is 0 Å². The number of benzene rings is 1. The summed E-state index contributed by atoms with van der Waals surface area (Å²) in [6.07, 6.45) is 3.48. The van der Waals surface area contributed by atoms with Crippen LogP contribution >= 0.6 is 0 Å². The zero-order chi connectivity index (χ0) is 14.4. The molecule has 20 heavy (non-hydrogen) atoms. The van der Waals surface area contributed by atoms with Crippen LogP contribution in [0.4, 0.5) is 5.82 Å². The van der Waals surface area contributed by atoms with E-state index in [-0.39, 0.29) is 0 Å². The number of anilines is 1. The van der Waals surface area contributed by atoms with Crippen molar-refractivity contribution in [1.82, 2.24) is 9.97 Å². The molecule has 0 unspecified atom stereocenters. The van der Waals surface area contributed by atoms with Crippen LogP contribution in [0.2, 0.25) is 0 Å². The summed E-state index contributed by atoms with van der Waals surface area (Å²) < 4.78 is 5.86. The molecule has 1 aromatic heterocycles. The van der Waals surface area contributed by atoms with Gasteiger partial charge in [-0.1, -0.05) is 32.0 Å². The minimum Gasteiger partial charge on any atom is -0.487 e. The molecule has 0 radical (unpaired) electrons. The van der Waals surface area contributed by atoms with E-state index in [0.717, 1.165) is 23.8 Å². The average molecular weight is 271 g/mol. The summed E-state index contributed by atoms with van der Waals surface area (Å²) >= 11 is 0. The van der Waals surface area contributed by atoms with Gasteiger partial charge in [-0.2, -0.15) is 0 Å². The quantitative estimate of drug-likeness (QED) is 0.872.